The molecule has 21 heavy (non-hydrogen) atoms. The van der Waals surface area contributed by atoms with Gasteiger partial charge in [-0.15, -0.1) is 0 Å². The predicted octanol–water partition coefficient (Wildman–Crippen LogP) is 5.05. The van der Waals surface area contributed by atoms with E-state index in [1.807, 2.05) is 6.07 Å². The molecular formula is C18H30BrNO. The number of benzene rings is 1. The number of halogens is 1. The summed E-state index contributed by atoms with van der Waals surface area (Å²) in [4.78, 5) is 0. The third-order valence-corrected chi connectivity index (χ3v) is 4.86. The fraction of sp³-hybridized carbons (Fsp3) is 0.667. The van der Waals surface area contributed by atoms with E-state index in [-0.39, 0.29) is 11.0 Å². The van der Waals surface area contributed by atoms with Gasteiger partial charge in [0.15, 0.2) is 0 Å². The van der Waals surface area contributed by atoms with Gasteiger partial charge in [0, 0.05) is 12.1 Å². The third-order valence-electron chi connectivity index (χ3n) is 4.24. The van der Waals surface area contributed by atoms with Crippen LogP contribution in [-0.4, -0.2) is 19.2 Å². The van der Waals surface area contributed by atoms with E-state index in [0.29, 0.717) is 5.92 Å². The van der Waals surface area contributed by atoms with Crippen LogP contribution in [0.25, 0.3) is 0 Å². The predicted molar refractivity (Wildman–Crippen MR) is 95.1 cm³/mol. The largest absolute Gasteiger partial charge is 0.496 e. The molecule has 1 rings (SSSR count). The van der Waals surface area contributed by atoms with Crippen molar-refractivity contribution >= 4 is 15.9 Å². The Balaban J connectivity index is 2.89. The molecular weight excluding hydrogens is 326 g/mol. The maximum absolute atomic E-state index is 5.31. The summed E-state index contributed by atoms with van der Waals surface area (Å²) < 4.78 is 6.34. The molecule has 0 spiro atoms. The summed E-state index contributed by atoms with van der Waals surface area (Å²) in [5.74, 6) is 1.49. The Morgan fingerprint density at radius 1 is 1.19 bits per heavy atom. The van der Waals surface area contributed by atoms with Crippen molar-refractivity contribution in [1.82, 2.24) is 5.32 Å². The van der Waals surface area contributed by atoms with E-state index < -0.39 is 0 Å². The van der Waals surface area contributed by atoms with Crippen molar-refractivity contribution in [2.45, 2.75) is 53.5 Å². The zero-order valence-corrected chi connectivity index (χ0v) is 16.1. The summed E-state index contributed by atoms with van der Waals surface area (Å²) in [5.41, 5.74) is 1.72. The second-order valence-electron chi connectivity index (χ2n) is 7.56. The number of hydrogen-bond donors (Lipinski definition) is 1. The first-order valence-electron chi connectivity index (χ1n) is 7.65. The Hall–Kier alpha value is -0.540. The Kier molecular flexibility index (Phi) is 6.30. The molecule has 0 saturated carbocycles. The highest BCUT2D eigenvalue weighted by molar-refractivity contribution is 9.10. The lowest BCUT2D eigenvalue weighted by Gasteiger charge is -2.37. The van der Waals surface area contributed by atoms with E-state index in [9.17, 15) is 0 Å². The average molecular weight is 356 g/mol. The van der Waals surface area contributed by atoms with Gasteiger partial charge in [-0.1, -0.05) is 26.8 Å². The Morgan fingerprint density at radius 2 is 1.81 bits per heavy atom. The first-order valence-corrected chi connectivity index (χ1v) is 8.44. The molecule has 0 heterocycles. The fourth-order valence-electron chi connectivity index (χ4n) is 2.22. The number of hydrogen-bond acceptors (Lipinski definition) is 2. The van der Waals surface area contributed by atoms with Gasteiger partial charge in [0.25, 0.3) is 0 Å². The van der Waals surface area contributed by atoms with Crippen molar-refractivity contribution < 1.29 is 4.74 Å². The fourth-order valence-corrected chi connectivity index (χ4v) is 2.81. The van der Waals surface area contributed by atoms with Gasteiger partial charge in [0.2, 0.25) is 0 Å². The molecule has 0 aromatic heterocycles. The first-order chi connectivity index (χ1) is 9.57. The highest BCUT2D eigenvalue weighted by atomic mass is 79.9. The minimum Gasteiger partial charge on any atom is -0.496 e. The van der Waals surface area contributed by atoms with Crippen LogP contribution in [0.2, 0.25) is 0 Å². The van der Waals surface area contributed by atoms with E-state index in [2.05, 4.69) is 74.9 Å². The number of ether oxygens (including phenoxy) is 1. The summed E-state index contributed by atoms with van der Waals surface area (Å²) in [6.45, 7) is 14.7. The van der Waals surface area contributed by atoms with E-state index in [0.717, 1.165) is 23.2 Å². The van der Waals surface area contributed by atoms with Crippen molar-refractivity contribution in [3.8, 4) is 5.75 Å². The smallest absolute Gasteiger partial charge is 0.133 e. The van der Waals surface area contributed by atoms with Gasteiger partial charge in [0.1, 0.15) is 5.75 Å². The molecule has 1 N–H and O–H groups in total. The van der Waals surface area contributed by atoms with Crippen LogP contribution in [0, 0.1) is 11.3 Å². The summed E-state index contributed by atoms with van der Waals surface area (Å²) >= 11 is 3.58. The highest BCUT2D eigenvalue weighted by Crippen LogP contribution is 2.34. The normalized spacial score (nSPS) is 15.1. The molecule has 1 atom stereocenters. The topological polar surface area (TPSA) is 21.3 Å². The van der Waals surface area contributed by atoms with Crippen LogP contribution in [0.4, 0.5) is 0 Å². The molecule has 0 fully saturated rings. The van der Waals surface area contributed by atoms with Gasteiger partial charge in [-0.05, 0) is 72.2 Å². The van der Waals surface area contributed by atoms with Gasteiger partial charge >= 0.3 is 0 Å². The molecule has 1 aromatic rings. The lowest BCUT2D eigenvalue weighted by Crippen LogP contribution is -2.45. The highest BCUT2D eigenvalue weighted by Gasteiger charge is 2.30. The molecule has 0 aliphatic rings. The van der Waals surface area contributed by atoms with Crippen LogP contribution in [0.3, 0.4) is 0 Å². The molecule has 0 amide bonds. The summed E-state index contributed by atoms with van der Waals surface area (Å²) in [5, 5.41) is 3.66. The van der Waals surface area contributed by atoms with Gasteiger partial charge in [0.05, 0.1) is 11.6 Å². The molecule has 1 aromatic carbocycles. The lowest BCUT2D eigenvalue weighted by atomic mass is 9.74. The Bertz CT molecular complexity index is 465. The molecule has 0 radical (unpaired) electrons. The van der Waals surface area contributed by atoms with E-state index in [1.54, 1.807) is 7.11 Å². The first kappa shape index (κ1) is 18.5. The number of rotatable bonds is 6. The number of nitrogens with one attached hydrogen (secondary N) is 1. The van der Waals surface area contributed by atoms with Gasteiger partial charge in [-0.25, -0.2) is 0 Å². The molecule has 0 aliphatic carbocycles. The third kappa shape index (κ3) is 5.63. The maximum Gasteiger partial charge on any atom is 0.133 e. The Morgan fingerprint density at radius 3 is 2.24 bits per heavy atom. The number of methoxy groups -OCH3 is 1. The quantitative estimate of drug-likeness (QED) is 0.770. The molecule has 3 heteroatoms. The van der Waals surface area contributed by atoms with Crippen LogP contribution >= 0.6 is 15.9 Å². The summed E-state index contributed by atoms with van der Waals surface area (Å²) in [6.07, 6.45) is 1.05. The van der Waals surface area contributed by atoms with Crippen LogP contribution in [-0.2, 0) is 6.42 Å². The second-order valence-corrected chi connectivity index (χ2v) is 8.41. The van der Waals surface area contributed by atoms with Crippen LogP contribution in [0.1, 0.15) is 47.1 Å². The van der Waals surface area contributed by atoms with Crippen LogP contribution in [0.5, 0.6) is 5.75 Å². The van der Waals surface area contributed by atoms with Crippen molar-refractivity contribution in [1.29, 1.82) is 0 Å². The molecule has 0 bridgehead atoms. The standard InChI is InChI=1S/C18H30BrNO/c1-13(2)18(6,12-20-17(3,4)5)11-14-8-9-16(21-7)15(19)10-14/h8-10,13,20H,11-12H2,1-7H3. The maximum atomic E-state index is 5.31. The minimum atomic E-state index is 0.149. The minimum absolute atomic E-state index is 0.149. The van der Waals surface area contributed by atoms with Crippen molar-refractivity contribution in [2.75, 3.05) is 13.7 Å². The van der Waals surface area contributed by atoms with E-state index >= 15 is 0 Å². The van der Waals surface area contributed by atoms with Gasteiger partial charge in [-0.3, -0.25) is 0 Å². The van der Waals surface area contributed by atoms with E-state index in [4.69, 9.17) is 4.74 Å². The summed E-state index contributed by atoms with van der Waals surface area (Å²) in [7, 11) is 1.70. The van der Waals surface area contributed by atoms with Crippen molar-refractivity contribution in [3.05, 3.63) is 28.2 Å². The molecule has 0 aliphatic heterocycles. The van der Waals surface area contributed by atoms with E-state index in [1.165, 1.54) is 5.56 Å². The monoisotopic (exact) mass is 355 g/mol. The molecule has 1 unspecified atom stereocenters. The molecule has 2 nitrogen and oxygen atoms in total. The zero-order valence-electron chi connectivity index (χ0n) is 14.5. The average Bonchev–Trinajstić information content (AvgIpc) is 2.36. The van der Waals surface area contributed by atoms with Crippen molar-refractivity contribution in [3.63, 3.8) is 0 Å². The molecule has 120 valence electrons. The van der Waals surface area contributed by atoms with Crippen molar-refractivity contribution in [2.24, 2.45) is 11.3 Å². The SMILES string of the molecule is COc1ccc(CC(C)(CNC(C)(C)C)C(C)C)cc1Br. The second kappa shape index (κ2) is 7.15. The Labute approximate surface area is 138 Å². The summed E-state index contributed by atoms with van der Waals surface area (Å²) in [6, 6.07) is 6.38. The molecule has 0 saturated heterocycles. The van der Waals surface area contributed by atoms with Gasteiger partial charge in [-0.2, -0.15) is 0 Å². The zero-order chi connectivity index (χ0) is 16.3. The lowest BCUT2D eigenvalue weighted by molar-refractivity contribution is 0.188. The van der Waals surface area contributed by atoms with Crippen LogP contribution < -0.4 is 10.1 Å². The van der Waals surface area contributed by atoms with Gasteiger partial charge < -0.3 is 10.1 Å². The van der Waals surface area contributed by atoms with Crippen LogP contribution in [0.15, 0.2) is 22.7 Å².